The molecule has 0 radical (unpaired) electrons. The van der Waals surface area contributed by atoms with E-state index >= 15 is 0 Å². The summed E-state index contributed by atoms with van der Waals surface area (Å²) in [6, 6.07) is 3.49. The molecule has 18 heavy (non-hydrogen) atoms. The fourth-order valence-electron chi connectivity index (χ4n) is 2.36. The van der Waals surface area contributed by atoms with Gasteiger partial charge in [0.15, 0.2) is 11.5 Å². The van der Waals surface area contributed by atoms with Crippen LogP contribution >= 0.6 is 11.6 Å². The van der Waals surface area contributed by atoms with Gasteiger partial charge in [-0.3, -0.25) is 0 Å². The van der Waals surface area contributed by atoms with Gasteiger partial charge in [0.25, 0.3) is 0 Å². The highest BCUT2D eigenvalue weighted by atomic mass is 35.5. The molecule has 1 fully saturated rings. The topological polar surface area (TPSA) is 47.9 Å². The number of aliphatic hydroxyl groups excluding tert-OH is 1. The molecule has 1 aromatic carbocycles. The Morgan fingerprint density at radius 3 is 2.56 bits per heavy atom. The Kier molecular flexibility index (Phi) is 3.33. The van der Waals surface area contributed by atoms with Crippen LogP contribution in [0, 0.1) is 5.92 Å². The van der Waals surface area contributed by atoms with Gasteiger partial charge in [-0.2, -0.15) is 0 Å². The first-order valence-corrected chi connectivity index (χ1v) is 6.48. The Bertz CT molecular complexity index is 443. The van der Waals surface area contributed by atoms with Crippen molar-refractivity contribution >= 4 is 11.6 Å². The maximum Gasteiger partial charge on any atom is 0.162 e. The van der Waals surface area contributed by atoms with E-state index in [-0.39, 0.29) is 5.92 Å². The lowest BCUT2D eigenvalue weighted by molar-refractivity contribution is 0.0911. The van der Waals surface area contributed by atoms with Crippen LogP contribution in [0.25, 0.3) is 0 Å². The van der Waals surface area contributed by atoms with Gasteiger partial charge >= 0.3 is 0 Å². The summed E-state index contributed by atoms with van der Waals surface area (Å²) >= 11 is 6.20. The number of halogens is 1. The maximum absolute atomic E-state index is 10.3. The van der Waals surface area contributed by atoms with Gasteiger partial charge in [-0.05, 0) is 12.5 Å². The first-order valence-electron chi connectivity index (χ1n) is 6.10. The minimum Gasteiger partial charge on any atom is -0.486 e. The van der Waals surface area contributed by atoms with Gasteiger partial charge in [0.05, 0.1) is 17.7 Å². The Labute approximate surface area is 110 Å². The van der Waals surface area contributed by atoms with Crippen LogP contribution < -0.4 is 9.47 Å². The molecule has 2 aliphatic rings. The molecule has 5 heteroatoms. The van der Waals surface area contributed by atoms with E-state index in [0.717, 1.165) is 6.42 Å². The molecule has 0 aromatic heterocycles. The molecule has 0 saturated carbocycles. The molecule has 2 aliphatic heterocycles. The summed E-state index contributed by atoms with van der Waals surface area (Å²) < 4.78 is 16.2. The monoisotopic (exact) mass is 270 g/mol. The summed E-state index contributed by atoms with van der Waals surface area (Å²) in [5.41, 5.74) is 0.691. The average molecular weight is 271 g/mol. The standard InChI is InChI=1S/C13H15ClO4/c14-10-6-12-11(17-3-4-18-12)5-9(10)13(15)8-1-2-16-7-8/h5-6,8,13,15H,1-4,7H2. The lowest BCUT2D eigenvalue weighted by Gasteiger charge is -2.23. The number of aliphatic hydroxyl groups is 1. The van der Waals surface area contributed by atoms with Crippen molar-refractivity contribution < 1.29 is 19.3 Å². The molecule has 0 amide bonds. The summed E-state index contributed by atoms with van der Waals surface area (Å²) in [6.45, 7) is 2.33. The zero-order valence-electron chi connectivity index (χ0n) is 9.89. The van der Waals surface area contributed by atoms with Crippen molar-refractivity contribution in [3.05, 3.63) is 22.7 Å². The third-order valence-electron chi connectivity index (χ3n) is 3.39. The number of hydrogen-bond donors (Lipinski definition) is 1. The SMILES string of the molecule is OC(c1cc2c(cc1Cl)OCCO2)C1CCOC1. The molecule has 0 aliphatic carbocycles. The molecule has 98 valence electrons. The number of fused-ring (bicyclic) bond motifs is 1. The molecule has 0 spiro atoms. The number of hydrogen-bond acceptors (Lipinski definition) is 4. The lowest BCUT2D eigenvalue weighted by atomic mass is 9.95. The van der Waals surface area contributed by atoms with Gasteiger partial charge in [-0.25, -0.2) is 0 Å². The van der Waals surface area contributed by atoms with Gasteiger partial charge in [0.2, 0.25) is 0 Å². The zero-order chi connectivity index (χ0) is 12.5. The van der Waals surface area contributed by atoms with Crippen LogP contribution in [-0.2, 0) is 4.74 Å². The first kappa shape index (κ1) is 12.1. The molecule has 2 heterocycles. The van der Waals surface area contributed by atoms with E-state index in [2.05, 4.69) is 0 Å². The van der Waals surface area contributed by atoms with Crippen molar-refractivity contribution in [3.8, 4) is 11.5 Å². The fourth-order valence-corrected chi connectivity index (χ4v) is 2.63. The van der Waals surface area contributed by atoms with Gasteiger partial charge in [-0.1, -0.05) is 11.6 Å². The minimum absolute atomic E-state index is 0.102. The van der Waals surface area contributed by atoms with Crippen LogP contribution in [0.15, 0.2) is 12.1 Å². The molecule has 2 unspecified atom stereocenters. The molecular weight excluding hydrogens is 256 g/mol. The van der Waals surface area contributed by atoms with E-state index in [1.54, 1.807) is 12.1 Å². The Morgan fingerprint density at radius 1 is 1.17 bits per heavy atom. The van der Waals surface area contributed by atoms with Crippen LogP contribution in [-0.4, -0.2) is 31.5 Å². The van der Waals surface area contributed by atoms with Crippen molar-refractivity contribution in [1.29, 1.82) is 0 Å². The smallest absolute Gasteiger partial charge is 0.162 e. The van der Waals surface area contributed by atoms with Crippen molar-refractivity contribution in [2.45, 2.75) is 12.5 Å². The summed E-state index contributed by atoms with van der Waals surface area (Å²) in [6.07, 6.45) is 0.238. The summed E-state index contributed by atoms with van der Waals surface area (Å²) in [7, 11) is 0. The van der Waals surface area contributed by atoms with Gasteiger partial charge < -0.3 is 19.3 Å². The molecule has 2 atom stereocenters. The van der Waals surface area contributed by atoms with Gasteiger partial charge in [0, 0.05) is 24.2 Å². The zero-order valence-corrected chi connectivity index (χ0v) is 10.7. The lowest BCUT2D eigenvalue weighted by Crippen LogP contribution is -2.17. The van der Waals surface area contributed by atoms with Gasteiger partial charge in [-0.15, -0.1) is 0 Å². The van der Waals surface area contributed by atoms with Crippen LogP contribution in [0.1, 0.15) is 18.1 Å². The third-order valence-corrected chi connectivity index (χ3v) is 3.72. The van der Waals surface area contributed by atoms with Crippen LogP contribution in [0.5, 0.6) is 11.5 Å². The van der Waals surface area contributed by atoms with E-state index in [0.29, 0.717) is 48.5 Å². The van der Waals surface area contributed by atoms with E-state index in [1.807, 2.05) is 0 Å². The second-order valence-electron chi connectivity index (χ2n) is 4.59. The highest BCUT2D eigenvalue weighted by molar-refractivity contribution is 6.31. The number of ether oxygens (including phenoxy) is 3. The van der Waals surface area contributed by atoms with E-state index in [4.69, 9.17) is 25.8 Å². The molecule has 1 saturated heterocycles. The molecular formula is C13H15ClO4. The number of benzene rings is 1. The van der Waals surface area contributed by atoms with Gasteiger partial charge in [0.1, 0.15) is 13.2 Å². The predicted molar refractivity (Wildman–Crippen MR) is 66.3 cm³/mol. The van der Waals surface area contributed by atoms with Crippen molar-refractivity contribution in [3.63, 3.8) is 0 Å². The third kappa shape index (κ3) is 2.16. The predicted octanol–water partition coefficient (Wildman–Crippen LogP) is 2.18. The van der Waals surface area contributed by atoms with E-state index in [1.165, 1.54) is 0 Å². The highest BCUT2D eigenvalue weighted by Crippen LogP contribution is 2.40. The molecule has 3 rings (SSSR count). The average Bonchev–Trinajstić information content (AvgIpc) is 2.91. The summed E-state index contributed by atoms with van der Waals surface area (Å²) in [4.78, 5) is 0. The minimum atomic E-state index is -0.615. The Balaban J connectivity index is 1.90. The van der Waals surface area contributed by atoms with Crippen molar-refractivity contribution in [1.82, 2.24) is 0 Å². The normalized spacial score (nSPS) is 24.0. The summed E-state index contributed by atoms with van der Waals surface area (Å²) in [5.74, 6) is 1.40. The number of rotatable bonds is 2. The van der Waals surface area contributed by atoms with Crippen molar-refractivity contribution in [2.75, 3.05) is 26.4 Å². The molecule has 1 aromatic rings. The quantitative estimate of drug-likeness (QED) is 0.895. The molecule has 1 N–H and O–H groups in total. The van der Waals surface area contributed by atoms with E-state index < -0.39 is 6.10 Å². The molecule has 4 nitrogen and oxygen atoms in total. The Hall–Kier alpha value is -0.970. The Morgan fingerprint density at radius 2 is 1.89 bits per heavy atom. The largest absolute Gasteiger partial charge is 0.486 e. The first-order chi connectivity index (χ1) is 8.75. The summed E-state index contributed by atoms with van der Waals surface area (Å²) in [5, 5.41) is 10.9. The highest BCUT2D eigenvalue weighted by Gasteiger charge is 2.28. The van der Waals surface area contributed by atoms with Crippen LogP contribution in [0.4, 0.5) is 0 Å². The maximum atomic E-state index is 10.3. The molecule has 0 bridgehead atoms. The second kappa shape index (κ2) is 4.96. The van der Waals surface area contributed by atoms with Crippen LogP contribution in [0.2, 0.25) is 5.02 Å². The fraction of sp³-hybridized carbons (Fsp3) is 0.538. The van der Waals surface area contributed by atoms with Crippen LogP contribution in [0.3, 0.4) is 0 Å². The van der Waals surface area contributed by atoms with E-state index in [9.17, 15) is 5.11 Å². The van der Waals surface area contributed by atoms with Crippen molar-refractivity contribution in [2.24, 2.45) is 5.92 Å². The second-order valence-corrected chi connectivity index (χ2v) is 4.99.